The van der Waals surface area contributed by atoms with Crippen molar-refractivity contribution in [2.75, 3.05) is 11.1 Å². The Labute approximate surface area is 157 Å². The van der Waals surface area contributed by atoms with Crippen molar-refractivity contribution in [1.82, 2.24) is 9.55 Å². The minimum Gasteiger partial charge on any atom is -0.397 e. The van der Waals surface area contributed by atoms with Gasteiger partial charge in [0.25, 0.3) is 5.91 Å². The number of benzene rings is 3. The molecule has 0 unspecified atom stereocenters. The Morgan fingerprint density at radius 2 is 1.70 bits per heavy atom. The fourth-order valence-corrected chi connectivity index (χ4v) is 2.87. The molecule has 4 aromatic rings. The fraction of sp³-hybridized carbons (Fsp3) is 0. The zero-order chi connectivity index (χ0) is 18.6. The van der Waals surface area contributed by atoms with E-state index < -0.39 is 0 Å². The van der Waals surface area contributed by atoms with Gasteiger partial charge in [0.15, 0.2) is 0 Å². The van der Waals surface area contributed by atoms with Crippen molar-refractivity contribution in [2.45, 2.75) is 0 Å². The summed E-state index contributed by atoms with van der Waals surface area (Å²) in [5.74, 6) is -0.205. The van der Waals surface area contributed by atoms with Crippen LogP contribution in [0.3, 0.4) is 0 Å². The maximum atomic E-state index is 12.6. The van der Waals surface area contributed by atoms with E-state index in [1.165, 1.54) is 0 Å². The van der Waals surface area contributed by atoms with E-state index in [9.17, 15) is 4.79 Å². The molecular formula is C22H18N4O. The topological polar surface area (TPSA) is 72.9 Å². The monoisotopic (exact) mass is 354 g/mol. The van der Waals surface area contributed by atoms with Crippen molar-refractivity contribution in [3.8, 4) is 16.8 Å². The van der Waals surface area contributed by atoms with Gasteiger partial charge in [-0.05, 0) is 47.5 Å². The Kier molecular flexibility index (Phi) is 4.41. The van der Waals surface area contributed by atoms with E-state index in [-0.39, 0.29) is 5.91 Å². The molecule has 1 aromatic heterocycles. The van der Waals surface area contributed by atoms with Gasteiger partial charge < -0.3 is 15.6 Å². The van der Waals surface area contributed by atoms with Gasteiger partial charge in [0, 0.05) is 23.6 Å². The molecule has 5 nitrogen and oxygen atoms in total. The van der Waals surface area contributed by atoms with E-state index in [1.807, 2.05) is 65.4 Å². The highest BCUT2D eigenvalue weighted by Crippen LogP contribution is 2.27. The molecule has 4 rings (SSSR count). The minimum atomic E-state index is -0.205. The molecular weight excluding hydrogens is 336 g/mol. The number of imidazole rings is 1. The zero-order valence-corrected chi connectivity index (χ0v) is 14.5. The molecule has 3 aromatic carbocycles. The fourth-order valence-electron chi connectivity index (χ4n) is 2.87. The minimum absolute atomic E-state index is 0.205. The van der Waals surface area contributed by atoms with Crippen molar-refractivity contribution in [2.24, 2.45) is 0 Å². The van der Waals surface area contributed by atoms with Crippen LogP contribution < -0.4 is 11.1 Å². The second-order valence-electron chi connectivity index (χ2n) is 6.14. The lowest BCUT2D eigenvalue weighted by molar-refractivity contribution is 0.102. The van der Waals surface area contributed by atoms with Crippen molar-refractivity contribution < 1.29 is 4.79 Å². The summed E-state index contributed by atoms with van der Waals surface area (Å²) < 4.78 is 1.88. The van der Waals surface area contributed by atoms with E-state index in [0.717, 1.165) is 16.8 Å². The molecule has 0 aliphatic heterocycles. The van der Waals surface area contributed by atoms with Gasteiger partial charge in [-0.15, -0.1) is 0 Å². The van der Waals surface area contributed by atoms with Crippen molar-refractivity contribution in [3.05, 3.63) is 97.1 Å². The van der Waals surface area contributed by atoms with Crippen LogP contribution >= 0.6 is 0 Å². The SMILES string of the molecule is Nc1ccc(-c2ccccc2)cc1NC(=O)c1ccc(-n2ccnc2)cc1. The van der Waals surface area contributed by atoms with E-state index in [1.54, 1.807) is 30.7 Å². The molecule has 1 amide bonds. The molecule has 0 saturated heterocycles. The highest BCUT2D eigenvalue weighted by Gasteiger charge is 2.10. The molecule has 0 fully saturated rings. The third-order valence-corrected chi connectivity index (χ3v) is 4.34. The van der Waals surface area contributed by atoms with Crippen LogP contribution in [0.1, 0.15) is 10.4 Å². The summed E-state index contributed by atoms with van der Waals surface area (Å²) in [5, 5.41) is 2.91. The Hall–Kier alpha value is -3.86. The van der Waals surface area contributed by atoms with Crippen LogP contribution in [0, 0.1) is 0 Å². The number of nitrogens with zero attached hydrogens (tertiary/aromatic N) is 2. The van der Waals surface area contributed by atoms with Gasteiger partial charge in [-0.25, -0.2) is 4.98 Å². The summed E-state index contributed by atoms with van der Waals surface area (Å²) in [6.07, 6.45) is 5.28. The number of amides is 1. The van der Waals surface area contributed by atoms with Crippen LogP contribution in [0.15, 0.2) is 91.5 Å². The lowest BCUT2D eigenvalue weighted by Crippen LogP contribution is -2.13. The first-order valence-corrected chi connectivity index (χ1v) is 8.55. The largest absolute Gasteiger partial charge is 0.397 e. The van der Waals surface area contributed by atoms with Gasteiger partial charge in [-0.1, -0.05) is 36.4 Å². The van der Waals surface area contributed by atoms with Crippen LogP contribution in [0.25, 0.3) is 16.8 Å². The lowest BCUT2D eigenvalue weighted by atomic mass is 10.0. The second-order valence-corrected chi connectivity index (χ2v) is 6.14. The molecule has 0 saturated carbocycles. The van der Waals surface area contributed by atoms with Gasteiger partial charge in [0.1, 0.15) is 0 Å². The quantitative estimate of drug-likeness (QED) is 0.534. The van der Waals surface area contributed by atoms with Gasteiger partial charge in [-0.3, -0.25) is 4.79 Å². The predicted molar refractivity (Wildman–Crippen MR) is 108 cm³/mol. The van der Waals surface area contributed by atoms with Crippen LogP contribution in [-0.4, -0.2) is 15.5 Å². The summed E-state index contributed by atoms with van der Waals surface area (Å²) in [6.45, 7) is 0. The number of carbonyl (C=O) groups excluding carboxylic acids is 1. The van der Waals surface area contributed by atoms with Crippen LogP contribution in [0.2, 0.25) is 0 Å². The highest BCUT2D eigenvalue weighted by atomic mass is 16.1. The first kappa shape index (κ1) is 16.6. The number of nitrogens with one attached hydrogen (secondary N) is 1. The van der Waals surface area contributed by atoms with Crippen molar-refractivity contribution in [1.29, 1.82) is 0 Å². The molecule has 0 spiro atoms. The number of aromatic nitrogens is 2. The van der Waals surface area contributed by atoms with Crippen LogP contribution in [0.5, 0.6) is 0 Å². The summed E-state index contributed by atoms with van der Waals surface area (Å²) in [5.41, 5.74) is 10.7. The van der Waals surface area contributed by atoms with E-state index >= 15 is 0 Å². The summed E-state index contributed by atoms with van der Waals surface area (Å²) >= 11 is 0. The van der Waals surface area contributed by atoms with Crippen LogP contribution in [0.4, 0.5) is 11.4 Å². The van der Waals surface area contributed by atoms with Gasteiger partial charge in [0.2, 0.25) is 0 Å². The molecule has 0 aliphatic rings. The number of rotatable bonds is 4. The molecule has 27 heavy (non-hydrogen) atoms. The van der Waals surface area contributed by atoms with Crippen molar-refractivity contribution in [3.63, 3.8) is 0 Å². The van der Waals surface area contributed by atoms with E-state index in [2.05, 4.69) is 10.3 Å². The van der Waals surface area contributed by atoms with E-state index in [0.29, 0.717) is 16.9 Å². The van der Waals surface area contributed by atoms with Gasteiger partial charge >= 0.3 is 0 Å². The van der Waals surface area contributed by atoms with E-state index in [4.69, 9.17) is 5.73 Å². The third kappa shape index (κ3) is 3.57. The average molecular weight is 354 g/mol. The number of nitrogen functional groups attached to an aromatic ring is 1. The van der Waals surface area contributed by atoms with Gasteiger partial charge in [-0.2, -0.15) is 0 Å². The number of hydrogen-bond donors (Lipinski definition) is 2. The zero-order valence-electron chi connectivity index (χ0n) is 14.5. The Balaban J connectivity index is 1.56. The maximum Gasteiger partial charge on any atom is 0.255 e. The third-order valence-electron chi connectivity index (χ3n) is 4.34. The highest BCUT2D eigenvalue weighted by molar-refractivity contribution is 6.06. The van der Waals surface area contributed by atoms with Gasteiger partial charge in [0.05, 0.1) is 17.7 Å². The number of hydrogen-bond acceptors (Lipinski definition) is 3. The molecule has 3 N–H and O–H groups in total. The Morgan fingerprint density at radius 3 is 2.41 bits per heavy atom. The molecule has 5 heteroatoms. The molecule has 0 atom stereocenters. The molecule has 1 heterocycles. The van der Waals surface area contributed by atoms with Crippen LogP contribution in [-0.2, 0) is 0 Å². The summed E-state index contributed by atoms with van der Waals surface area (Å²) in [6, 6.07) is 22.9. The molecule has 132 valence electrons. The summed E-state index contributed by atoms with van der Waals surface area (Å²) in [4.78, 5) is 16.7. The molecule has 0 aliphatic carbocycles. The number of carbonyl (C=O) groups is 1. The second kappa shape index (κ2) is 7.17. The summed E-state index contributed by atoms with van der Waals surface area (Å²) in [7, 11) is 0. The molecule has 0 radical (unpaired) electrons. The Morgan fingerprint density at radius 1 is 0.926 bits per heavy atom. The molecule has 0 bridgehead atoms. The first-order chi connectivity index (χ1) is 13.2. The standard InChI is InChI=1S/C22H18N4O/c23-20-11-8-18(16-4-2-1-3-5-16)14-21(20)25-22(27)17-6-9-19(10-7-17)26-13-12-24-15-26/h1-15H,23H2,(H,25,27). The number of nitrogens with two attached hydrogens (primary N) is 1. The normalized spacial score (nSPS) is 10.5. The Bertz CT molecular complexity index is 1060. The number of anilines is 2. The smallest absolute Gasteiger partial charge is 0.255 e. The average Bonchev–Trinajstić information content (AvgIpc) is 3.25. The maximum absolute atomic E-state index is 12.6. The predicted octanol–water partition coefficient (Wildman–Crippen LogP) is 4.37. The van der Waals surface area contributed by atoms with Crippen molar-refractivity contribution >= 4 is 17.3 Å². The first-order valence-electron chi connectivity index (χ1n) is 8.55. The lowest BCUT2D eigenvalue weighted by Gasteiger charge is -2.11.